The summed E-state index contributed by atoms with van der Waals surface area (Å²) in [6.45, 7) is 0.658. The lowest BCUT2D eigenvalue weighted by Crippen LogP contribution is -2.17. The predicted octanol–water partition coefficient (Wildman–Crippen LogP) is 4.49. The third-order valence-electron chi connectivity index (χ3n) is 5.35. The van der Waals surface area contributed by atoms with Crippen molar-refractivity contribution in [3.63, 3.8) is 0 Å². The number of rotatable bonds is 8. The summed E-state index contributed by atoms with van der Waals surface area (Å²) in [6, 6.07) is 27.0. The number of carbonyl (C=O) groups is 1. The Morgan fingerprint density at radius 1 is 1.03 bits per heavy atom. The Kier molecular flexibility index (Phi) is 6.28. The summed E-state index contributed by atoms with van der Waals surface area (Å²) in [6.07, 6.45) is 2.64. The van der Waals surface area contributed by atoms with Crippen molar-refractivity contribution >= 4 is 11.6 Å². The molecule has 0 fully saturated rings. The first-order valence-electron chi connectivity index (χ1n) is 10.4. The van der Waals surface area contributed by atoms with E-state index in [4.69, 9.17) is 11.0 Å². The third-order valence-corrected chi connectivity index (χ3v) is 5.35. The van der Waals surface area contributed by atoms with E-state index >= 15 is 0 Å². The average molecular weight is 422 g/mol. The van der Waals surface area contributed by atoms with Gasteiger partial charge in [-0.2, -0.15) is 5.26 Å². The van der Waals surface area contributed by atoms with E-state index in [9.17, 15) is 4.79 Å². The number of nitrogens with two attached hydrogens (primary N) is 1. The van der Waals surface area contributed by atoms with Gasteiger partial charge in [0.1, 0.15) is 5.82 Å². The third kappa shape index (κ3) is 5.02. The van der Waals surface area contributed by atoms with Crippen LogP contribution in [0.3, 0.4) is 0 Å². The van der Waals surface area contributed by atoms with Crippen molar-refractivity contribution in [1.82, 2.24) is 9.97 Å². The number of carbonyl (C=O) groups excluding carboxylic acids is 1. The molecule has 1 unspecified atom stereocenters. The first-order chi connectivity index (χ1) is 15.6. The molecule has 4 N–H and O–H groups in total. The summed E-state index contributed by atoms with van der Waals surface area (Å²) < 4.78 is 0. The molecule has 1 heterocycles. The Balaban J connectivity index is 1.54. The number of primary amides is 1. The number of aromatic amines is 1. The van der Waals surface area contributed by atoms with Crippen LogP contribution in [0.1, 0.15) is 33.2 Å². The van der Waals surface area contributed by atoms with Crippen molar-refractivity contribution < 1.29 is 4.79 Å². The summed E-state index contributed by atoms with van der Waals surface area (Å²) in [5, 5.41) is 12.5. The van der Waals surface area contributed by atoms with E-state index in [1.54, 1.807) is 24.3 Å². The minimum absolute atomic E-state index is 0.0975. The second kappa shape index (κ2) is 9.63. The fourth-order valence-corrected chi connectivity index (χ4v) is 3.57. The van der Waals surface area contributed by atoms with E-state index in [1.165, 1.54) is 5.56 Å². The molecule has 1 atom stereocenters. The number of nitrogens with one attached hydrogen (secondary N) is 2. The highest BCUT2D eigenvalue weighted by Gasteiger charge is 2.17. The number of anilines is 1. The van der Waals surface area contributed by atoms with E-state index in [1.807, 2.05) is 48.7 Å². The van der Waals surface area contributed by atoms with E-state index in [2.05, 4.69) is 33.5 Å². The van der Waals surface area contributed by atoms with Gasteiger partial charge in [-0.3, -0.25) is 4.79 Å². The van der Waals surface area contributed by atoms with Gasteiger partial charge in [0, 0.05) is 23.7 Å². The first kappa shape index (κ1) is 20.9. The summed E-state index contributed by atoms with van der Waals surface area (Å²) >= 11 is 0. The van der Waals surface area contributed by atoms with Gasteiger partial charge in [0.15, 0.2) is 0 Å². The van der Waals surface area contributed by atoms with Crippen LogP contribution in [-0.2, 0) is 6.42 Å². The Bertz CT molecular complexity index is 1220. The van der Waals surface area contributed by atoms with Gasteiger partial charge in [0.25, 0.3) is 0 Å². The molecule has 0 radical (unpaired) electrons. The van der Waals surface area contributed by atoms with Gasteiger partial charge in [-0.25, -0.2) is 4.98 Å². The molecule has 3 aromatic carbocycles. The molecule has 0 bridgehead atoms. The number of imidazole rings is 1. The second-order valence-electron chi connectivity index (χ2n) is 7.58. The molecule has 0 aliphatic carbocycles. The van der Waals surface area contributed by atoms with Crippen LogP contribution in [-0.4, -0.2) is 22.4 Å². The van der Waals surface area contributed by atoms with Gasteiger partial charge >= 0.3 is 0 Å². The van der Waals surface area contributed by atoms with Gasteiger partial charge in [0.2, 0.25) is 5.91 Å². The lowest BCUT2D eigenvalue weighted by molar-refractivity contribution is 0.100. The zero-order chi connectivity index (χ0) is 22.3. The van der Waals surface area contributed by atoms with Crippen molar-refractivity contribution in [2.45, 2.75) is 12.3 Å². The molecule has 0 aliphatic rings. The second-order valence-corrected chi connectivity index (χ2v) is 7.58. The van der Waals surface area contributed by atoms with Gasteiger partial charge in [-0.15, -0.1) is 0 Å². The monoisotopic (exact) mass is 421 g/mol. The minimum atomic E-state index is -0.440. The topological polar surface area (TPSA) is 108 Å². The molecular formula is C26H23N5O. The van der Waals surface area contributed by atoms with E-state index < -0.39 is 5.91 Å². The van der Waals surface area contributed by atoms with Crippen LogP contribution >= 0.6 is 0 Å². The standard InChI is InChI=1S/C26H23N5O/c27-15-19-6-8-20(9-7-19)24-17-30-26(31-24)22(14-18-4-2-1-3-5-18)16-29-23-12-10-21(11-13-23)25(28)32/h1-13,17,22,29H,14,16H2,(H2,28,32)(H,30,31). The van der Waals surface area contributed by atoms with Crippen LogP contribution in [0.2, 0.25) is 0 Å². The normalized spacial score (nSPS) is 11.5. The molecule has 6 heteroatoms. The Morgan fingerprint density at radius 2 is 1.75 bits per heavy atom. The molecule has 0 saturated carbocycles. The average Bonchev–Trinajstić information content (AvgIpc) is 3.33. The Hall–Kier alpha value is -4.37. The number of hydrogen-bond acceptors (Lipinski definition) is 4. The Morgan fingerprint density at radius 3 is 2.41 bits per heavy atom. The van der Waals surface area contributed by atoms with Crippen LogP contribution < -0.4 is 11.1 Å². The molecule has 1 amide bonds. The van der Waals surface area contributed by atoms with Crippen LogP contribution in [0.25, 0.3) is 11.3 Å². The largest absolute Gasteiger partial charge is 0.384 e. The molecule has 32 heavy (non-hydrogen) atoms. The summed E-state index contributed by atoms with van der Waals surface area (Å²) in [7, 11) is 0. The van der Waals surface area contributed by atoms with Crippen LogP contribution in [0.5, 0.6) is 0 Å². The molecule has 0 aliphatic heterocycles. The molecule has 4 aromatic rings. The highest BCUT2D eigenvalue weighted by molar-refractivity contribution is 5.93. The first-order valence-corrected chi connectivity index (χ1v) is 10.4. The highest BCUT2D eigenvalue weighted by atomic mass is 16.1. The molecule has 0 spiro atoms. The fraction of sp³-hybridized carbons (Fsp3) is 0.115. The maximum Gasteiger partial charge on any atom is 0.248 e. The molecule has 4 rings (SSSR count). The molecule has 1 aromatic heterocycles. The molecule has 0 saturated heterocycles. The van der Waals surface area contributed by atoms with Gasteiger partial charge in [0.05, 0.1) is 23.5 Å². The van der Waals surface area contributed by atoms with Gasteiger partial charge < -0.3 is 16.0 Å². The molecule has 158 valence electrons. The fourth-order valence-electron chi connectivity index (χ4n) is 3.57. The lowest BCUT2D eigenvalue weighted by atomic mass is 9.98. The zero-order valence-electron chi connectivity index (χ0n) is 17.5. The van der Waals surface area contributed by atoms with Gasteiger partial charge in [-0.05, 0) is 53.9 Å². The summed E-state index contributed by atoms with van der Waals surface area (Å²) in [5.74, 6) is 0.541. The van der Waals surface area contributed by atoms with Gasteiger partial charge in [-0.1, -0.05) is 42.5 Å². The Labute approximate surface area is 186 Å². The minimum Gasteiger partial charge on any atom is -0.384 e. The van der Waals surface area contributed by atoms with E-state index in [-0.39, 0.29) is 5.92 Å². The SMILES string of the molecule is N#Cc1ccc(-c2cnc(C(CNc3ccc(C(N)=O)cc3)Cc3ccccc3)[nH]2)cc1. The number of amides is 1. The van der Waals surface area contributed by atoms with Crippen molar-refractivity contribution in [3.8, 4) is 17.3 Å². The highest BCUT2D eigenvalue weighted by Crippen LogP contribution is 2.24. The van der Waals surface area contributed by atoms with Crippen molar-refractivity contribution in [2.24, 2.45) is 5.73 Å². The van der Waals surface area contributed by atoms with Crippen LogP contribution in [0.15, 0.2) is 85.1 Å². The zero-order valence-corrected chi connectivity index (χ0v) is 17.5. The maximum absolute atomic E-state index is 11.3. The lowest BCUT2D eigenvalue weighted by Gasteiger charge is -2.17. The van der Waals surface area contributed by atoms with Crippen molar-refractivity contribution in [3.05, 3.63) is 108 Å². The van der Waals surface area contributed by atoms with Crippen molar-refractivity contribution in [1.29, 1.82) is 5.26 Å². The molecular weight excluding hydrogens is 398 g/mol. The number of nitrogens with zero attached hydrogens (tertiary/aromatic N) is 2. The molecule has 6 nitrogen and oxygen atoms in total. The predicted molar refractivity (Wildman–Crippen MR) is 125 cm³/mol. The summed E-state index contributed by atoms with van der Waals surface area (Å²) in [4.78, 5) is 19.4. The number of aromatic nitrogens is 2. The van der Waals surface area contributed by atoms with E-state index in [0.717, 1.165) is 29.2 Å². The quantitative estimate of drug-likeness (QED) is 0.390. The number of H-pyrrole nitrogens is 1. The van der Waals surface area contributed by atoms with Crippen LogP contribution in [0, 0.1) is 11.3 Å². The van der Waals surface area contributed by atoms with Crippen molar-refractivity contribution in [2.75, 3.05) is 11.9 Å². The number of hydrogen-bond donors (Lipinski definition) is 3. The van der Waals surface area contributed by atoms with Crippen LogP contribution in [0.4, 0.5) is 5.69 Å². The van der Waals surface area contributed by atoms with E-state index in [0.29, 0.717) is 17.7 Å². The smallest absolute Gasteiger partial charge is 0.248 e. The number of benzene rings is 3. The maximum atomic E-state index is 11.3. The number of nitriles is 1. The summed E-state index contributed by atoms with van der Waals surface area (Å²) in [5.41, 5.74) is 10.5.